The largest absolute Gasteiger partial charge is 0.379 e. The third-order valence-corrected chi connectivity index (χ3v) is 5.57. The summed E-state index contributed by atoms with van der Waals surface area (Å²) in [6, 6.07) is 9.30. The van der Waals surface area contributed by atoms with Crippen LogP contribution in [0.5, 0.6) is 0 Å². The van der Waals surface area contributed by atoms with E-state index in [1.165, 1.54) is 24.0 Å². The first-order valence-corrected chi connectivity index (χ1v) is 10.0. The van der Waals surface area contributed by atoms with Crippen molar-refractivity contribution in [2.75, 3.05) is 53.0 Å². The molecule has 2 heterocycles. The van der Waals surface area contributed by atoms with Gasteiger partial charge in [0.25, 0.3) is 0 Å². The van der Waals surface area contributed by atoms with Crippen LogP contribution in [0.1, 0.15) is 36.9 Å². The van der Waals surface area contributed by atoms with Crippen LogP contribution in [-0.2, 0) is 4.74 Å². The predicted molar refractivity (Wildman–Crippen MR) is 123 cm³/mol. The molecule has 27 heavy (non-hydrogen) atoms. The smallest absolute Gasteiger partial charge is 0.193 e. The van der Waals surface area contributed by atoms with Crippen LogP contribution < -0.4 is 5.32 Å². The number of benzene rings is 1. The van der Waals surface area contributed by atoms with Gasteiger partial charge < -0.3 is 15.0 Å². The quantitative estimate of drug-likeness (QED) is 0.403. The van der Waals surface area contributed by atoms with Gasteiger partial charge in [0.05, 0.1) is 19.3 Å². The van der Waals surface area contributed by atoms with Crippen molar-refractivity contribution in [3.8, 4) is 0 Å². The van der Waals surface area contributed by atoms with E-state index in [0.717, 1.165) is 57.8 Å². The number of guanidine groups is 1. The fourth-order valence-corrected chi connectivity index (χ4v) is 4.04. The second kappa shape index (κ2) is 11.2. The van der Waals surface area contributed by atoms with Crippen LogP contribution >= 0.6 is 24.0 Å². The zero-order chi connectivity index (χ0) is 18.4. The second-order valence-electron chi connectivity index (χ2n) is 7.70. The number of hydrogen-bond donors (Lipinski definition) is 1. The summed E-state index contributed by atoms with van der Waals surface area (Å²) in [5.74, 6) is 1.79. The lowest BCUT2D eigenvalue weighted by Gasteiger charge is -2.37. The fraction of sp³-hybridized carbons (Fsp3) is 0.667. The van der Waals surface area contributed by atoms with Gasteiger partial charge in [0, 0.05) is 39.8 Å². The Morgan fingerprint density at radius 2 is 1.93 bits per heavy atom. The standard InChI is InChI=1S/C21H34N4O.HI/c1-17-6-8-19(9-7-17)20(24-11-13-26-14-12-24)15-23-21(22-3)25-10-4-5-18(2)16-25;/h6-9,18,20H,4-5,10-16H2,1-3H3,(H,22,23);1H. The number of rotatable bonds is 4. The van der Waals surface area contributed by atoms with Crippen molar-refractivity contribution < 1.29 is 4.74 Å². The topological polar surface area (TPSA) is 40.1 Å². The Balaban J connectivity index is 0.00000261. The number of nitrogens with one attached hydrogen (secondary N) is 1. The van der Waals surface area contributed by atoms with Crippen LogP contribution in [0.15, 0.2) is 29.3 Å². The zero-order valence-corrected chi connectivity index (χ0v) is 19.3. The number of ether oxygens (including phenoxy) is 1. The molecular weight excluding hydrogens is 451 g/mol. The first kappa shape index (κ1) is 22.4. The van der Waals surface area contributed by atoms with E-state index < -0.39 is 0 Å². The molecule has 3 rings (SSSR count). The minimum atomic E-state index is 0. The van der Waals surface area contributed by atoms with Crippen LogP contribution in [0.3, 0.4) is 0 Å². The molecule has 2 atom stereocenters. The van der Waals surface area contributed by atoms with Crippen molar-refractivity contribution in [1.29, 1.82) is 0 Å². The number of piperidine rings is 1. The summed E-state index contributed by atoms with van der Waals surface area (Å²) in [5.41, 5.74) is 2.67. The summed E-state index contributed by atoms with van der Waals surface area (Å²) in [5, 5.41) is 3.66. The molecule has 0 radical (unpaired) electrons. The minimum Gasteiger partial charge on any atom is -0.379 e. The molecule has 2 unspecified atom stereocenters. The maximum Gasteiger partial charge on any atom is 0.193 e. The average molecular weight is 486 g/mol. The monoisotopic (exact) mass is 486 g/mol. The number of nitrogens with zero attached hydrogens (tertiary/aromatic N) is 3. The number of halogens is 1. The van der Waals surface area contributed by atoms with Crippen LogP contribution in [0.25, 0.3) is 0 Å². The third-order valence-electron chi connectivity index (χ3n) is 5.57. The number of hydrogen-bond acceptors (Lipinski definition) is 3. The summed E-state index contributed by atoms with van der Waals surface area (Å²) in [7, 11) is 1.90. The van der Waals surface area contributed by atoms with Crippen molar-refractivity contribution >= 4 is 29.9 Å². The van der Waals surface area contributed by atoms with E-state index in [1.54, 1.807) is 0 Å². The Kier molecular flexibility index (Phi) is 9.32. The molecule has 0 spiro atoms. The Morgan fingerprint density at radius 3 is 2.56 bits per heavy atom. The van der Waals surface area contributed by atoms with Gasteiger partial charge in [0.2, 0.25) is 0 Å². The van der Waals surface area contributed by atoms with Gasteiger partial charge in [-0.05, 0) is 31.2 Å². The molecule has 0 amide bonds. The first-order valence-electron chi connectivity index (χ1n) is 10.0. The van der Waals surface area contributed by atoms with Gasteiger partial charge in [-0.25, -0.2) is 0 Å². The number of morpholine rings is 1. The van der Waals surface area contributed by atoms with E-state index in [1.807, 2.05) is 7.05 Å². The highest BCUT2D eigenvalue weighted by Gasteiger charge is 2.24. The molecule has 1 aromatic rings. The highest BCUT2D eigenvalue weighted by Crippen LogP contribution is 2.22. The number of aryl methyl sites for hydroxylation is 1. The lowest BCUT2D eigenvalue weighted by molar-refractivity contribution is 0.0168. The van der Waals surface area contributed by atoms with E-state index in [9.17, 15) is 0 Å². The summed E-state index contributed by atoms with van der Waals surface area (Å²) in [4.78, 5) is 9.51. The second-order valence-corrected chi connectivity index (χ2v) is 7.70. The molecule has 1 N–H and O–H groups in total. The molecule has 0 aliphatic carbocycles. The maximum absolute atomic E-state index is 5.56. The highest BCUT2D eigenvalue weighted by molar-refractivity contribution is 14.0. The minimum absolute atomic E-state index is 0. The van der Waals surface area contributed by atoms with E-state index >= 15 is 0 Å². The normalized spacial score (nSPS) is 22.9. The Hall–Kier alpha value is -0.860. The lowest BCUT2D eigenvalue weighted by Crippen LogP contribution is -2.49. The van der Waals surface area contributed by atoms with Gasteiger partial charge in [-0.1, -0.05) is 36.8 Å². The van der Waals surface area contributed by atoms with Gasteiger partial charge in [0.1, 0.15) is 0 Å². The average Bonchev–Trinajstić information content (AvgIpc) is 2.67. The molecule has 0 bridgehead atoms. The Labute approximate surface area is 181 Å². The van der Waals surface area contributed by atoms with E-state index in [0.29, 0.717) is 6.04 Å². The molecule has 6 heteroatoms. The number of aliphatic imine (C=N–C) groups is 1. The molecule has 2 fully saturated rings. The van der Waals surface area contributed by atoms with Gasteiger partial charge in [-0.2, -0.15) is 0 Å². The molecule has 152 valence electrons. The van der Waals surface area contributed by atoms with E-state index in [4.69, 9.17) is 4.74 Å². The molecule has 2 aliphatic rings. The SMILES string of the molecule is CN=C(NCC(c1ccc(C)cc1)N1CCOCC1)N1CCCC(C)C1.I. The van der Waals surface area contributed by atoms with E-state index in [-0.39, 0.29) is 24.0 Å². The van der Waals surface area contributed by atoms with Gasteiger partial charge >= 0.3 is 0 Å². The van der Waals surface area contributed by atoms with Crippen LogP contribution in [0.4, 0.5) is 0 Å². The van der Waals surface area contributed by atoms with Crippen molar-refractivity contribution in [2.45, 2.75) is 32.7 Å². The molecule has 0 saturated carbocycles. The van der Waals surface area contributed by atoms with Crippen molar-refractivity contribution in [1.82, 2.24) is 15.1 Å². The van der Waals surface area contributed by atoms with Gasteiger partial charge in [-0.15, -0.1) is 24.0 Å². The van der Waals surface area contributed by atoms with Crippen molar-refractivity contribution in [3.05, 3.63) is 35.4 Å². The van der Waals surface area contributed by atoms with E-state index in [2.05, 4.69) is 58.2 Å². The molecule has 2 aliphatic heterocycles. The van der Waals surface area contributed by atoms with Crippen LogP contribution in [0.2, 0.25) is 0 Å². The zero-order valence-electron chi connectivity index (χ0n) is 17.0. The summed E-state index contributed by atoms with van der Waals surface area (Å²) < 4.78 is 5.56. The van der Waals surface area contributed by atoms with Crippen LogP contribution in [0, 0.1) is 12.8 Å². The molecule has 0 aromatic heterocycles. The summed E-state index contributed by atoms with van der Waals surface area (Å²) in [6.45, 7) is 11.2. The third kappa shape index (κ3) is 6.32. The molecule has 2 saturated heterocycles. The van der Waals surface area contributed by atoms with Gasteiger partial charge in [-0.3, -0.25) is 9.89 Å². The summed E-state index contributed by atoms with van der Waals surface area (Å²) >= 11 is 0. The Bertz CT molecular complexity index is 586. The molecule has 1 aromatic carbocycles. The predicted octanol–water partition coefficient (Wildman–Crippen LogP) is 3.29. The van der Waals surface area contributed by atoms with Crippen LogP contribution in [-0.4, -0.2) is 68.7 Å². The van der Waals surface area contributed by atoms with Crippen molar-refractivity contribution in [2.24, 2.45) is 10.9 Å². The van der Waals surface area contributed by atoms with Crippen molar-refractivity contribution in [3.63, 3.8) is 0 Å². The molecular formula is C21H35IN4O. The lowest BCUT2D eigenvalue weighted by atomic mass is 10.0. The fourth-order valence-electron chi connectivity index (χ4n) is 4.04. The maximum atomic E-state index is 5.56. The Morgan fingerprint density at radius 1 is 1.22 bits per heavy atom. The number of likely N-dealkylation sites (tertiary alicyclic amines) is 1. The molecule has 5 nitrogen and oxygen atoms in total. The first-order chi connectivity index (χ1) is 12.7. The summed E-state index contributed by atoms with van der Waals surface area (Å²) in [6.07, 6.45) is 2.58. The highest BCUT2D eigenvalue weighted by atomic mass is 127. The van der Waals surface area contributed by atoms with Gasteiger partial charge in [0.15, 0.2) is 5.96 Å².